The molecule has 0 fully saturated rings. The Balaban J connectivity index is 0. The highest BCUT2D eigenvalue weighted by atomic mass is 31.2. The van der Waals surface area contributed by atoms with Crippen molar-refractivity contribution in [3.8, 4) is 0 Å². The fourth-order valence-corrected chi connectivity index (χ4v) is 1.45. The summed E-state index contributed by atoms with van der Waals surface area (Å²) in [5, 5.41) is 0. The fourth-order valence-electron chi connectivity index (χ4n) is 0.482. The van der Waals surface area contributed by atoms with Crippen molar-refractivity contribution in [3.05, 3.63) is 0 Å². The van der Waals surface area contributed by atoms with Crippen molar-refractivity contribution in [2.75, 3.05) is 25.5 Å². The first-order valence-electron chi connectivity index (χ1n) is 4.79. The lowest BCUT2D eigenvalue weighted by Gasteiger charge is -2.05. The average Bonchev–Trinajstić information content (AvgIpc) is 2.18. The van der Waals surface area contributed by atoms with E-state index in [2.05, 4.69) is 9.05 Å². The van der Waals surface area contributed by atoms with Gasteiger partial charge in [-0.2, -0.15) is 0 Å². The van der Waals surface area contributed by atoms with E-state index in [1.807, 2.05) is 27.7 Å². The SMILES string of the molecule is CCOP(O)OCC.CC[P+](=O)CC. The van der Waals surface area contributed by atoms with Gasteiger partial charge in [-0.25, -0.2) is 0 Å². The Morgan fingerprint density at radius 1 is 1.07 bits per heavy atom. The third-order valence-electron chi connectivity index (χ3n) is 1.18. The van der Waals surface area contributed by atoms with Crippen molar-refractivity contribution in [2.45, 2.75) is 27.7 Å². The normalized spacial score (nSPS) is 9.57. The summed E-state index contributed by atoms with van der Waals surface area (Å²) in [6.07, 6.45) is 1.68. The van der Waals surface area contributed by atoms with Gasteiger partial charge in [-0.05, 0) is 27.7 Å². The van der Waals surface area contributed by atoms with E-state index < -0.39 is 16.4 Å². The molecule has 0 aliphatic heterocycles. The molecule has 0 heterocycles. The third kappa shape index (κ3) is 14.9. The van der Waals surface area contributed by atoms with Crippen LogP contribution in [0.5, 0.6) is 0 Å². The summed E-state index contributed by atoms with van der Waals surface area (Å²) in [6.45, 7) is 8.52. The molecule has 6 heteroatoms. The third-order valence-corrected chi connectivity index (χ3v) is 3.55. The molecule has 0 rings (SSSR count). The molecule has 0 bridgehead atoms. The second-order valence-electron chi connectivity index (χ2n) is 2.19. The highest BCUT2D eigenvalue weighted by Crippen LogP contribution is 2.31. The van der Waals surface area contributed by atoms with Gasteiger partial charge in [-0.15, -0.1) is 0 Å². The first kappa shape index (κ1) is 16.8. The van der Waals surface area contributed by atoms with E-state index in [1.54, 1.807) is 0 Å². The Labute approximate surface area is 88.8 Å². The van der Waals surface area contributed by atoms with E-state index in [4.69, 9.17) is 4.89 Å². The zero-order chi connectivity index (χ0) is 11.4. The summed E-state index contributed by atoms with van der Waals surface area (Å²) in [5.41, 5.74) is 0. The molecule has 0 aromatic carbocycles. The van der Waals surface area contributed by atoms with E-state index in [0.717, 1.165) is 12.3 Å². The Kier molecular flexibility index (Phi) is 16.1. The van der Waals surface area contributed by atoms with Crippen molar-refractivity contribution in [1.82, 2.24) is 0 Å². The first-order valence-corrected chi connectivity index (χ1v) is 7.55. The molecule has 0 aliphatic rings. The molecule has 0 amide bonds. The Morgan fingerprint density at radius 2 is 1.43 bits per heavy atom. The van der Waals surface area contributed by atoms with E-state index >= 15 is 0 Å². The summed E-state index contributed by atoms with van der Waals surface area (Å²) in [5.74, 6) is 0. The molecule has 14 heavy (non-hydrogen) atoms. The van der Waals surface area contributed by atoms with Crippen molar-refractivity contribution in [3.63, 3.8) is 0 Å². The van der Waals surface area contributed by atoms with Gasteiger partial charge in [0.25, 0.3) is 0 Å². The standard InChI is InChI=1S/C4H11O3P.C4H10OP/c1-3-6-8(5)7-4-2;1-3-6(5)4-2/h5H,3-4H2,1-2H3;3-4H2,1-2H3/q;+1. The minimum atomic E-state index is -1.58. The second-order valence-corrected chi connectivity index (χ2v) is 5.41. The maximum absolute atomic E-state index is 10.3. The van der Waals surface area contributed by atoms with Gasteiger partial charge in [-0.3, -0.25) is 0 Å². The number of hydrogen-bond donors (Lipinski definition) is 1. The Hall–Kier alpha value is 0.410. The number of hydrogen-bond acceptors (Lipinski definition) is 4. The molecule has 1 N–H and O–H groups in total. The highest BCUT2D eigenvalue weighted by Gasteiger charge is 2.02. The molecule has 0 atom stereocenters. The predicted octanol–water partition coefficient (Wildman–Crippen LogP) is 3.13. The van der Waals surface area contributed by atoms with Gasteiger partial charge in [-0.1, -0.05) is 4.57 Å². The number of rotatable bonds is 6. The van der Waals surface area contributed by atoms with Crippen LogP contribution in [0, 0.1) is 0 Å². The molecule has 86 valence electrons. The molecule has 0 saturated heterocycles. The van der Waals surface area contributed by atoms with E-state index in [-0.39, 0.29) is 0 Å². The molecular weight excluding hydrogens is 222 g/mol. The lowest BCUT2D eigenvalue weighted by atomic mass is 10.9. The van der Waals surface area contributed by atoms with Crippen molar-refractivity contribution < 1.29 is 18.5 Å². The van der Waals surface area contributed by atoms with Crippen LogP contribution in [0.15, 0.2) is 0 Å². The molecular formula is C8H21O4P2+. The van der Waals surface area contributed by atoms with Crippen LogP contribution < -0.4 is 0 Å². The monoisotopic (exact) mass is 243 g/mol. The van der Waals surface area contributed by atoms with Crippen molar-refractivity contribution in [1.29, 1.82) is 0 Å². The summed E-state index contributed by atoms with van der Waals surface area (Å²) in [7, 11) is -2.41. The minimum absolute atomic E-state index is 0.502. The van der Waals surface area contributed by atoms with Gasteiger partial charge in [0.05, 0.1) is 13.2 Å². The topological polar surface area (TPSA) is 55.8 Å². The maximum Gasteiger partial charge on any atom is 0.338 e. The van der Waals surface area contributed by atoms with E-state index in [0.29, 0.717) is 13.2 Å². The summed E-state index contributed by atoms with van der Waals surface area (Å²) < 4.78 is 19.7. The zero-order valence-corrected chi connectivity index (χ0v) is 11.2. The molecule has 4 nitrogen and oxygen atoms in total. The smallest absolute Gasteiger partial charge is 0.328 e. The van der Waals surface area contributed by atoms with Gasteiger partial charge < -0.3 is 13.9 Å². The maximum atomic E-state index is 10.3. The van der Waals surface area contributed by atoms with E-state index in [9.17, 15) is 4.57 Å². The van der Waals surface area contributed by atoms with Gasteiger partial charge in [0.15, 0.2) is 0 Å². The zero-order valence-electron chi connectivity index (χ0n) is 9.39. The summed E-state index contributed by atoms with van der Waals surface area (Å²) >= 11 is 0. The second kappa shape index (κ2) is 13.4. The largest absolute Gasteiger partial charge is 0.338 e. The molecule has 0 spiro atoms. The summed E-state index contributed by atoms with van der Waals surface area (Å²) in [6, 6.07) is 0. The van der Waals surface area contributed by atoms with Crippen molar-refractivity contribution >= 4 is 16.4 Å². The minimum Gasteiger partial charge on any atom is -0.328 e. The molecule has 0 unspecified atom stereocenters. The van der Waals surface area contributed by atoms with Crippen LogP contribution in [0.2, 0.25) is 0 Å². The van der Waals surface area contributed by atoms with Crippen LogP contribution in [0.3, 0.4) is 0 Å². The molecule has 0 radical (unpaired) electrons. The van der Waals surface area contributed by atoms with Gasteiger partial charge in [0.1, 0.15) is 12.3 Å². The Bertz CT molecular complexity index is 121. The van der Waals surface area contributed by atoms with Gasteiger partial charge in [0.2, 0.25) is 0 Å². The fraction of sp³-hybridized carbons (Fsp3) is 1.00. The Morgan fingerprint density at radius 3 is 1.57 bits per heavy atom. The predicted molar refractivity (Wildman–Crippen MR) is 61.1 cm³/mol. The van der Waals surface area contributed by atoms with Crippen LogP contribution in [0.1, 0.15) is 27.7 Å². The van der Waals surface area contributed by atoms with Crippen LogP contribution >= 0.6 is 16.4 Å². The van der Waals surface area contributed by atoms with Crippen LogP contribution in [-0.4, -0.2) is 30.4 Å². The quantitative estimate of drug-likeness (QED) is 0.728. The average molecular weight is 243 g/mol. The van der Waals surface area contributed by atoms with Crippen molar-refractivity contribution in [2.24, 2.45) is 0 Å². The van der Waals surface area contributed by atoms with Crippen LogP contribution in [0.25, 0.3) is 0 Å². The molecule has 0 aromatic rings. The molecule has 0 saturated carbocycles. The molecule has 0 aliphatic carbocycles. The van der Waals surface area contributed by atoms with Crippen LogP contribution in [-0.2, 0) is 13.6 Å². The highest BCUT2D eigenvalue weighted by molar-refractivity contribution is 7.44. The van der Waals surface area contributed by atoms with E-state index in [1.165, 1.54) is 0 Å². The first-order chi connectivity index (χ1) is 6.62. The molecule has 0 aromatic heterocycles. The van der Waals surface area contributed by atoms with Crippen LogP contribution in [0.4, 0.5) is 0 Å². The lowest BCUT2D eigenvalue weighted by molar-refractivity contribution is 0.216. The van der Waals surface area contributed by atoms with Gasteiger partial charge >= 0.3 is 16.4 Å². The lowest BCUT2D eigenvalue weighted by Crippen LogP contribution is -1.87. The summed E-state index contributed by atoms with van der Waals surface area (Å²) in [4.78, 5) is 8.67. The van der Waals surface area contributed by atoms with Gasteiger partial charge in [0, 0.05) is 0 Å².